The maximum atomic E-state index is 13.6. The predicted octanol–water partition coefficient (Wildman–Crippen LogP) is 4.05. The summed E-state index contributed by atoms with van der Waals surface area (Å²) in [5, 5.41) is 13.6. The number of benzodiazepines with no additional fused rings is 1. The van der Waals surface area contributed by atoms with Crippen LogP contribution in [-0.4, -0.2) is 41.9 Å². The molecule has 0 bridgehead atoms. The first kappa shape index (κ1) is 24.1. The SMILES string of the molecule is CCCC[C@H](O)[C@@H](CC1CC1)C(=O)NC1N=C(c2ccc(F)cc2)c2ccccc2N(C)C1=O. The van der Waals surface area contributed by atoms with Crippen molar-refractivity contribution in [3.63, 3.8) is 0 Å². The van der Waals surface area contributed by atoms with Gasteiger partial charge in [-0.15, -0.1) is 0 Å². The van der Waals surface area contributed by atoms with Gasteiger partial charge < -0.3 is 15.3 Å². The summed E-state index contributed by atoms with van der Waals surface area (Å²) in [4.78, 5) is 32.9. The molecular weight excluding hydrogens is 433 g/mol. The van der Waals surface area contributed by atoms with E-state index < -0.39 is 18.2 Å². The van der Waals surface area contributed by atoms with Crippen LogP contribution in [0.25, 0.3) is 0 Å². The molecule has 1 saturated carbocycles. The number of para-hydroxylation sites is 1. The van der Waals surface area contributed by atoms with E-state index in [0.29, 0.717) is 35.7 Å². The van der Waals surface area contributed by atoms with Crippen molar-refractivity contribution in [1.82, 2.24) is 5.32 Å². The molecule has 1 heterocycles. The highest BCUT2D eigenvalue weighted by molar-refractivity contribution is 6.20. The van der Waals surface area contributed by atoms with Crippen LogP contribution in [0, 0.1) is 17.7 Å². The monoisotopic (exact) mass is 465 g/mol. The second-order valence-electron chi connectivity index (χ2n) is 9.31. The number of fused-ring (bicyclic) bond motifs is 1. The maximum Gasteiger partial charge on any atom is 0.272 e. The number of halogens is 1. The van der Waals surface area contributed by atoms with Crippen LogP contribution >= 0.6 is 0 Å². The highest BCUT2D eigenvalue weighted by Gasteiger charge is 2.37. The van der Waals surface area contributed by atoms with Gasteiger partial charge in [0.1, 0.15) is 5.82 Å². The number of rotatable bonds is 9. The normalized spacial score (nSPS) is 19.6. The van der Waals surface area contributed by atoms with Gasteiger partial charge in [-0.1, -0.05) is 50.8 Å². The van der Waals surface area contributed by atoms with Gasteiger partial charge >= 0.3 is 0 Å². The number of benzene rings is 2. The van der Waals surface area contributed by atoms with Crippen molar-refractivity contribution in [2.75, 3.05) is 11.9 Å². The van der Waals surface area contributed by atoms with E-state index in [1.165, 1.54) is 17.0 Å². The highest BCUT2D eigenvalue weighted by atomic mass is 19.1. The Morgan fingerprint density at radius 2 is 1.91 bits per heavy atom. The summed E-state index contributed by atoms with van der Waals surface area (Å²) >= 11 is 0. The van der Waals surface area contributed by atoms with E-state index in [0.717, 1.165) is 31.2 Å². The number of unbranched alkanes of at least 4 members (excludes halogenated alkanes) is 1. The number of nitrogens with one attached hydrogen (secondary N) is 1. The van der Waals surface area contributed by atoms with E-state index in [4.69, 9.17) is 0 Å². The smallest absolute Gasteiger partial charge is 0.272 e. The lowest BCUT2D eigenvalue weighted by molar-refractivity contribution is -0.133. The molecule has 2 aromatic rings. The highest BCUT2D eigenvalue weighted by Crippen LogP contribution is 2.37. The molecule has 1 unspecified atom stereocenters. The van der Waals surface area contributed by atoms with E-state index in [2.05, 4.69) is 10.3 Å². The Morgan fingerprint density at radius 1 is 1.21 bits per heavy atom. The van der Waals surface area contributed by atoms with Crippen molar-refractivity contribution >= 4 is 23.2 Å². The van der Waals surface area contributed by atoms with Gasteiger partial charge in [-0.2, -0.15) is 0 Å². The fourth-order valence-corrected chi connectivity index (χ4v) is 4.46. The quantitative estimate of drug-likeness (QED) is 0.586. The minimum absolute atomic E-state index is 0.351. The molecular formula is C27H32FN3O3. The molecule has 34 heavy (non-hydrogen) atoms. The van der Waals surface area contributed by atoms with Gasteiger partial charge in [0.2, 0.25) is 12.1 Å². The summed E-state index contributed by atoms with van der Waals surface area (Å²) in [5.74, 6) is -1.22. The zero-order chi connectivity index (χ0) is 24.2. The molecule has 2 aromatic carbocycles. The van der Waals surface area contributed by atoms with Gasteiger partial charge in [-0.25, -0.2) is 9.38 Å². The summed E-state index contributed by atoms with van der Waals surface area (Å²) in [6, 6.07) is 13.3. The number of aliphatic imine (C=N–C) groups is 1. The van der Waals surface area contributed by atoms with Crippen molar-refractivity contribution in [3.05, 3.63) is 65.5 Å². The number of aliphatic hydroxyl groups is 1. The minimum Gasteiger partial charge on any atom is -0.392 e. The van der Waals surface area contributed by atoms with Gasteiger partial charge in [0, 0.05) is 18.2 Å². The Balaban J connectivity index is 1.67. The predicted molar refractivity (Wildman–Crippen MR) is 130 cm³/mol. The second-order valence-corrected chi connectivity index (χ2v) is 9.31. The molecule has 0 saturated heterocycles. The van der Waals surface area contributed by atoms with Crippen molar-refractivity contribution < 1.29 is 19.1 Å². The maximum absolute atomic E-state index is 13.6. The third-order valence-corrected chi connectivity index (χ3v) is 6.68. The molecule has 1 aliphatic carbocycles. The Hall–Kier alpha value is -3.06. The molecule has 2 aliphatic rings. The van der Waals surface area contributed by atoms with Crippen LogP contribution in [-0.2, 0) is 9.59 Å². The molecule has 180 valence electrons. The number of amides is 2. The zero-order valence-electron chi connectivity index (χ0n) is 19.7. The van der Waals surface area contributed by atoms with Crippen molar-refractivity contribution in [2.24, 2.45) is 16.8 Å². The standard InChI is InChI=1S/C27H32FN3O3/c1-3-4-9-23(32)21(16-17-10-11-17)26(33)30-25-27(34)31(2)22-8-6-5-7-20(22)24(29-25)18-12-14-19(28)15-13-18/h5-8,12-15,17,21,23,25,32H,3-4,9-11,16H2,1-2H3,(H,30,33)/t21-,23+,25?/m1/s1. The lowest BCUT2D eigenvalue weighted by Gasteiger charge is -2.25. The summed E-state index contributed by atoms with van der Waals surface area (Å²) in [6.45, 7) is 2.05. The summed E-state index contributed by atoms with van der Waals surface area (Å²) in [6.07, 6.45) is 3.17. The first-order chi connectivity index (χ1) is 16.4. The van der Waals surface area contributed by atoms with E-state index >= 15 is 0 Å². The van der Waals surface area contributed by atoms with Gasteiger partial charge in [-0.3, -0.25) is 9.59 Å². The number of carbonyl (C=O) groups excluding carboxylic acids is 2. The van der Waals surface area contributed by atoms with Crippen LogP contribution in [0.1, 0.15) is 56.6 Å². The number of carbonyl (C=O) groups is 2. The molecule has 0 radical (unpaired) electrons. The lowest BCUT2D eigenvalue weighted by Crippen LogP contribution is -2.49. The Morgan fingerprint density at radius 3 is 2.59 bits per heavy atom. The Kier molecular flexibility index (Phi) is 7.41. The Bertz CT molecular complexity index is 1070. The molecule has 7 heteroatoms. The van der Waals surface area contributed by atoms with Crippen LogP contribution in [0.15, 0.2) is 53.5 Å². The van der Waals surface area contributed by atoms with Crippen molar-refractivity contribution in [3.8, 4) is 0 Å². The first-order valence-corrected chi connectivity index (χ1v) is 12.1. The molecule has 2 N–H and O–H groups in total. The van der Waals surface area contributed by atoms with Crippen molar-refractivity contribution in [1.29, 1.82) is 0 Å². The van der Waals surface area contributed by atoms with Gasteiger partial charge in [0.15, 0.2) is 0 Å². The van der Waals surface area contributed by atoms with Crippen LogP contribution in [0.3, 0.4) is 0 Å². The molecule has 0 spiro atoms. The molecule has 1 aliphatic heterocycles. The van der Waals surface area contributed by atoms with E-state index in [9.17, 15) is 19.1 Å². The number of anilines is 1. The average molecular weight is 466 g/mol. The average Bonchev–Trinajstić information content (AvgIpc) is 3.68. The zero-order valence-corrected chi connectivity index (χ0v) is 19.7. The van der Waals surface area contributed by atoms with Crippen molar-refractivity contribution in [2.45, 2.75) is 57.7 Å². The Labute approximate surface area is 199 Å². The van der Waals surface area contributed by atoms with E-state index in [1.54, 1.807) is 19.2 Å². The summed E-state index contributed by atoms with van der Waals surface area (Å²) in [5.41, 5.74) is 2.53. The largest absolute Gasteiger partial charge is 0.392 e. The van der Waals surface area contributed by atoms with Crippen LogP contribution < -0.4 is 10.2 Å². The lowest BCUT2D eigenvalue weighted by atomic mass is 9.91. The molecule has 6 nitrogen and oxygen atoms in total. The topological polar surface area (TPSA) is 82.0 Å². The third-order valence-electron chi connectivity index (χ3n) is 6.68. The molecule has 1 fully saturated rings. The number of hydrogen-bond donors (Lipinski definition) is 2. The van der Waals surface area contributed by atoms with Crippen LogP contribution in [0.5, 0.6) is 0 Å². The molecule has 0 aromatic heterocycles. The fraction of sp³-hybridized carbons (Fsp3) is 0.444. The van der Waals surface area contributed by atoms with Gasteiger partial charge in [-0.05, 0) is 49.1 Å². The first-order valence-electron chi connectivity index (χ1n) is 12.1. The molecule has 4 rings (SSSR count). The summed E-state index contributed by atoms with van der Waals surface area (Å²) < 4.78 is 13.6. The number of likely N-dealkylation sites (N-methyl/N-ethyl adjacent to an activating group) is 1. The van der Waals surface area contributed by atoms with E-state index in [1.807, 2.05) is 31.2 Å². The fourth-order valence-electron chi connectivity index (χ4n) is 4.46. The molecule has 3 atom stereocenters. The number of hydrogen-bond acceptors (Lipinski definition) is 4. The number of aliphatic hydroxyl groups excluding tert-OH is 1. The third kappa shape index (κ3) is 5.36. The minimum atomic E-state index is -1.15. The number of nitrogens with zero attached hydrogens (tertiary/aromatic N) is 2. The van der Waals surface area contributed by atoms with E-state index in [-0.39, 0.29) is 17.6 Å². The molecule has 2 amide bonds. The second kappa shape index (κ2) is 10.5. The van der Waals surface area contributed by atoms with Gasteiger partial charge in [0.25, 0.3) is 5.91 Å². The van der Waals surface area contributed by atoms with Gasteiger partial charge in [0.05, 0.1) is 23.4 Å². The summed E-state index contributed by atoms with van der Waals surface area (Å²) in [7, 11) is 1.65. The van der Waals surface area contributed by atoms with Crippen LogP contribution in [0.4, 0.5) is 10.1 Å². The van der Waals surface area contributed by atoms with Crippen LogP contribution in [0.2, 0.25) is 0 Å².